The molecule has 1 aliphatic heterocycles. The van der Waals surface area contributed by atoms with E-state index in [9.17, 15) is 0 Å². The molecule has 0 aromatic heterocycles. The standard InChI is InChI=1S/C20H29NO/c1-16-9-4-5-11-18(16)20(2)13-7-6-12-19(20)22-15-17-10-8-14-21(17)3/h4-5,9,11-12,17H,6-8,10,13-15H2,1-3H3/t17-,20+/m0/s1. The summed E-state index contributed by atoms with van der Waals surface area (Å²) in [4.78, 5) is 2.44. The van der Waals surface area contributed by atoms with E-state index in [1.807, 2.05) is 0 Å². The summed E-state index contributed by atoms with van der Waals surface area (Å²) in [6.45, 7) is 6.63. The molecule has 1 heterocycles. The summed E-state index contributed by atoms with van der Waals surface area (Å²) in [5, 5.41) is 0. The molecule has 1 fully saturated rings. The number of likely N-dealkylation sites (tertiary alicyclic amines) is 1. The molecule has 0 saturated carbocycles. The molecule has 22 heavy (non-hydrogen) atoms. The lowest BCUT2D eigenvalue weighted by atomic mass is 9.72. The van der Waals surface area contributed by atoms with Crippen molar-refractivity contribution in [2.24, 2.45) is 0 Å². The van der Waals surface area contributed by atoms with E-state index in [0.29, 0.717) is 6.04 Å². The van der Waals surface area contributed by atoms with Gasteiger partial charge in [-0.05, 0) is 76.7 Å². The van der Waals surface area contributed by atoms with Crippen LogP contribution in [0.15, 0.2) is 36.1 Å². The smallest absolute Gasteiger partial charge is 0.103 e. The first-order chi connectivity index (χ1) is 10.6. The predicted octanol–water partition coefficient (Wildman–Crippen LogP) is 4.43. The van der Waals surface area contributed by atoms with Gasteiger partial charge in [0, 0.05) is 11.5 Å². The van der Waals surface area contributed by atoms with Crippen molar-refractivity contribution in [1.29, 1.82) is 0 Å². The van der Waals surface area contributed by atoms with Crippen LogP contribution in [0.4, 0.5) is 0 Å². The quantitative estimate of drug-likeness (QED) is 0.815. The zero-order chi connectivity index (χ0) is 15.6. The molecule has 2 aliphatic rings. The van der Waals surface area contributed by atoms with Gasteiger partial charge < -0.3 is 9.64 Å². The molecule has 2 heteroatoms. The molecule has 0 bridgehead atoms. The Balaban J connectivity index is 1.79. The SMILES string of the molecule is Cc1ccccc1[C@@]1(C)CCCC=C1OC[C@@H]1CCCN1C. The fraction of sp³-hybridized carbons (Fsp3) is 0.600. The summed E-state index contributed by atoms with van der Waals surface area (Å²) < 4.78 is 6.38. The third-order valence-corrected chi connectivity index (χ3v) is 5.60. The average Bonchev–Trinajstić information content (AvgIpc) is 2.92. The zero-order valence-electron chi connectivity index (χ0n) is 14.3. The number of hydrogen-bond donors (Lipinski definition) is 0. The number of nitrogens with zero attached hydrogens (tertiary/aromatic N) is 1. The second-order valence-electron chi connectivity index (χ2n) is 7.20. The Kier molecular flexibility index (Phi) is 4.58. The minimum atomic E-state index is 0.0424. The van der Waals surface area contributed by atoms with Crippen LogP contribution in [0.3, 0.4) is 0 Å². The summed E-state index contributed by atoms with van der Waals surface area (Å²) in [7, 11) is 2.22. The van der Waals surface area contributed by atoms with E-state index in [1.54, 1.807) is 0 Å². The number of ether oxygens (including phenoxy) is 1. The summed E-state index contributed by atoms with van der Waals surface area (Å²) >= 11 is 0. The Morgan fingerprint density at radius 3 is 2.82 bits per heavy atom. The molecule has 0 N–H and O–H groups in total. The second-order valence-corrected chi connectivity index (χ2v) is 7.20. The van der Waals surface area contributed by atoms with Crippen LogP contribution in [-0.4, -0.2) is 31.1 Å². The molecule has 2 atom stereocenters. The van der Waals surface area contributed by atoms with Crippen LogP contribution in [0.2, 0.25) is 0 Å². The largest absolute Gasteiger partial charge is 0.496 e. The maximum absolute atomic E-state index is 6.38. The highest BCUT2D eigenvalue weighted by Crippen LogP contribution is 2.42. The third-order valence-electron chi connectivity index (χ3n) is 5.60. The highest BCUT2D eigenvalue weighted by atomic mass is 16.5. The minimum absolute atomic E-state index is 0.0424. The summed E-state index contributed by atoms with van der Waals surface area (Å²) in [5.41, 5.74) is 2.85. The highest BCUT2D eigenvalue weighted by Gasteiger charge is 2.36. The second kappa shape index (κ2) is 6.45. The fourth-order valence-electron chi connectivity index (χ4n) is 4.09. The first kappa shape index (κ1) is 15.6. The number of rotatable bonds is 4. The number of benzene rings is 1. The monoisotopic (exact) mass is 299 g/mol. The van der Waals surface area contributed by atoms with Crippen LogP contribution >= 0.6 is 0 Å². The first-order valence-corrected chi connectivity index (χ1v) is 8.71. The van der Waals surface area contributed by atoms with Crippen LogP contribution < -0.4 is 0 Å². The van der Waals surface area contributed by atoms with Crippen LogP contribution in [-0.2, 0) is 10.2 Å². The Morgan fingerprint density at radius 2 is 2.09 bits per heavy atom. The van der Waals surface area contributed by atoms with E-state index in [1.165, 1.54) is 49.1 Å². The van der Waals surface area contributed by atoms with E-state index < -0.39 is 0 Å². The third kappa shape index (κ3) is 2.94. The summed E-state index contributed by atoms with van der Waals surface area (Å²) in [6.07, 6.45) is 8.50. The van der Waals surface area contributed by atoms with E-state index in [0.717, 1.165) is 13.0 Å². The molecule has 1 aromatic rings. The van der Waals surface area contributed by atoms with E-state index in [-0.39, 0.29) is 5.41 Å². The van der Waals surface area contributed by atoms with Crippen molar-refractivity contribution in [3.63, 3.8) is 0 Å². The van der Waals surface area contributed by atoms with Crippen molar-refractivity contribution < 1.29 is 4.74 Å². The molecule has 0 amide bonds. The van der Waals surface area contributed by atoms with Gasteiger partial charge in [-0.15, -0.1) is 0 Å². The Hall–Kier alpha value is -1.28. The van der Waals surface area contributed by atoms with Crippen molar-refractivity contribution in [2.75, 3.05) is 20.2 Å². The van der Waals surface area contributed by atoms with E-state index in [4.69, 9.17) is 4.74 Å². The average molecular weight is 299 g/mol. The molecule has 0 radical (unpaired) electrons. The van der Waals surface area contributed by atoms with Gasteiger partial charge in [0.2, 0.25) is 0 Å². The normalized spacial score (nSPS) is 29.4. The molecular formula is C20H29NO. The van der Waals surface area contributed by atoms with Crippen LogP contribution in [0.1, 0.15) is 50.2 Å². The molecule has 0 unspecified atom stereocenters. The van der Waals surface area contributed by atoms with Gasteiger partial charge in [-0.2, -0.15) is 0 Å². The Morgan fingerprint density at radius 1 is 1.27 bits per heavy atom. The van der Waals surface area contributed by atoms with Gasteiger partial charge in [0.15, 0.2) is 0 Å². The van der Waals surface area contributed by atoms with Gasteiger partial charge in [0.1, 0.15) is 12.4 Å². The maximum Gasteiger partial charge on any atom is 0.103 e. The molecule has 120 valence electrons. The lowest BCUT2D eigenvalue weighted by Crippen LogP contribution is -2.34. The van der Waals surface area contributed by atoms with Gasteiger partial charge in [0.25, 0.3) is 0 Å². The zero-order valence-corrected chi connectivity index (χ0v) is 14.3. The molecule has 1 aromatic carbocycles. The predicted molar refractivity (Wildman–Crippen MR) is 92.1 cm³/mol. The number of likely N-dealkylation sites (N-methyl/N-ethyl adjacent to an activating group) is 1. The lowest BCUT2D eigenvalue weighted by molar-refractivity contribution is 0.105. The van der Waals surface area contributed by atoms with Gasteiger partial charge >= 0.3 is 0 Å². The highest BCUT2D eigenvalue weighted by molar-refractivity contribution is 5.39. The Labute approximate surface area is 135 Å². The number of aryl methyl sites for hydroxylation is 1. The molecular weight excluding hydrogens is 270 g/mol. The minimum Gasteiger partial charge on any atom is -0.496 e. The van der Waals surface area contributed by atoms with Crippen molar-refractivity contribution in [1.82, 2.24) is 4.90 Å². The number of hydrogen-bond acceptors (Lipinski definition) is 2. The molecule has 1 saturated heterocycles. The lowest BCUT2D eigenvalue weighted by Gasteiger charge is -2.37. The van der Waals surface area contributed by atoms with Crippen molar-refractivity contribution in [3.8, 4) is 0 Å². The molecule has 3 rings (SSSR count). The van der Waals surface area contributed by atoms with Crippen molar-refractivity contribution >= 4 is 0 Å². The fourth-order valence-corrected chi connectivity index (χ4v) is 4.09. The number of allylic oxidation sites excluding steroid dienone is 2. The molecule has 0 spiro atoms. The molecule has 1 aliphatic carbocycles. The van der Waals surface area contributed by atoms with Crippen LogP contribution in [0.5, 0.6) is 0 Å². The van der Waals surface area contributed by atoms with Crippen molar-refractivity contribution in [3.05, 3.63) is 47.2 Å². The van der Waals surface area contributed by atoms with Crippen molar-refractivity contribution in [2.45, 2.75) is 57.4 Å². The summed E-state index contributed by atoms with van der Waals surface area (Å²) in [6, 6.07) is 9.37. The van der Waals surface area contributed by atoms with Gasteiger partial charge in [-0.1, -0.05) is 24.3 Å². The van der Waals surface area contributed by atoms with E-state index >= 15 is 0 Å². The van der Waals surface area contributed by atoms with Gasteiger partial charge in [0.05, 0.1) is 0 Å². The summed E-state index contributed by atoms with van der Waals surface area (Å²) in [5.74, 6) is 1.20. The molecule has 2 nitrogen and oxygen atoms in total. The van der Waals surface area contributed by atoms with Gasteiger partial charge in [-0.25, -0.2) is 0 Å². The van der Waals surface area contributed by atoms with Crippen LogP contribution in [0.25, 0.3) is 0 Å². The van der Waals surface area contributed by atoms with E-state index in [2.05, 4.69) is 56.1 Å². The Bertz CT molecular complexity index is 550. The van der Waals surface area contributed by atoms with Crippen LogP contribution in [0, 0.1) is 6.92 Å². The topological polar surface area (TPSA) is 12.5 Å². The maximum atomic E-state index is 6.38. The van der Waals surface area contributed by atoms with Gasteiger partial charge in [-0.3, -0.25) is 0 Å². The first-order valence-electron chi connectivity index (χ1n) is 8.71.